The third-order valence-electron chi connectivity index (χ3n) is 2.67. The lowest BCUT2D eigenvalue weighted by atomic mass is 9.93. The van der Waals surface area contributed by atoms with Crippen molar-refractivity contribution in [3.63, 3.8) is 0 Å². The van der Waals surface area contributed by atoms with Crippen molar-refractivity contribution in [2.75, 3.05) is 13.7 Å². The molecule has 0 spiro atoms. The minimum absolute atomic E-state index is 0.0835. The minimum atomic E-state index is -0.295. The summed E-state index contributed by atoms with van der Waals surface area (Å²) in [7, 11) is 1.64. The van der Waals surface area contributed by atoms with Gasteiger partial charge in [0.05, 0.1) is 5.60 Å². The van der Waals surface area contributed by atoms with E-state index in [4.69, 9.17) is 4.74 Å². The summed E-state index contributed by atoms with van der Waals surface area (Å²) in [5, 5.41) is 5.71. The van der Waals surface area contributed by atoms with Gasteiger partial charge in [-0.2, -0.15) is 0 Å². The normalized spacial score (nSPS) is 17.4. The fourth-order valence-corrected chi connectivity index (χ4v) is 1.15. The molecule has 1 aliphatic rings. The third-order valence-corrected chi connectivity index (χ3v) is 2.67. The molecule has 0 atom stereocenters. The topological polar surface area (TPSA) is 50.4 Å². The van der Waals surface area contributed by atoms with E-state index in [2.05, 4.69) is 10.6 Å². The van der Waals surface area contributed by atoms with Gasteiger partial charge in [0.15, 0.2) is 0 Å². The van der Waals surface area contributed by atoms with Gasteiger partial charge in [-0.15, -0.1) is 0 Å². The molecule has 0 radical (unpaired) electrons. The molecule has 0 aromatic heterocycles. The fraction of sp³-hybridized carbons (Fsp3) is 0.900. The van der Waals surface area contributed by atoms with Crippen LogP contribution in [0.25, 0.3) is 0 Å². The summed E-state index contributed by atoms with van der Waals surface area (Å²) in [5.74, 6) is 0. The molecule has 1 saturated carbocycles. The van der Waals surface area contributed by atoms with Crippen LogP contribution in [0, 0.1) is 0 Å². The first-order valence-corrected chi connectivity index (χ1v) is 5.13. The van der Waals surface area contributed by atoms with Crippen LogP contribution in [-0.4, -0.2) is 31.3 Å². The molecule has 0 unspecified atom stereocenters. The minimum Gasteiger partial charge on any atom is -0.377 e. The molecule has 0 heterocycles. The average molecular weight is 200 g/mol. The Morgan fingerprint density at radius 2 is 2.14 bits per heavy atom. The number of amides is 2. The maximum Gasteiger partial charge on any atom is 0.315 e. The van der Waals surface area contributed by atoms with Crippen LogP contribution in [0.4, 0.5) is 4.79 Å². The zero-order valence-corrected chi connectivity index (χ0v) is 9.22. The Labute approximate surface area is 85.4 Å². The van der Waals surface area contributed by atoms with Gasteiger partial charge < -0.3 is 15.4 Å². The Morgan fingerprint density at radius 1 is 1.50 bits per heavy atom. The first kappa shape index (κ1) is 11.3. The largest absolute Gasteiger partial charge is 0.377 e. The quantitative estimate of drug-likeness (QED) is 0.718. The summed E-state index contributed by atoms with van der Waals surface area (Å²) in [6, 6.07) is 0.306. The van der Waals surface area contributed by atoms with Crippen LogP contribution in [0.5, 0.6) is 0 Å². The summed E-state index contributed by atoms with van der Waals surface area (Å²) in [6.45, 7) is 4.41. The Morgan fingerprint density at radius 3 is 2.57 bits per heavy atom. The van der Waals surface area contributed by atoms with Crippen LogP contribution in [0.2, 0.25) is 0 Å². The highest BCUT2D eigenvalue weighted by Gasteiger charge is 2.21. The predicted molar refractivity (Wildman–Crippen MR) is 55.3 cm³/mol. The van der Waals surface area contributed by atoms with Gasteiger partial charge in [0.25, 0.3) is 0 Å². The van der Waals surface area contributed by atoms with Gasteiger partial charge in [0.2, 0.25) is 0 Å². The molecule has 14 heavy (non-hydrogen) atoms. The summed E-state index contributed by atoms with van der Waals surface area (Å²) in [5.41, 5.74) is -0.295. The highest BCUT2D eigenvalue weighted by Crippen LogP contribution is 2.17. The molecular weight excluding hydrogens is 180 g/mol. The zero-order chi connectivity index (χ0) is 10.6. The summed E-state index contributed by atoms with van der Waals surface area (Å²) < 4.78 is 5.19. The first-order valence-electron chi connectivity index (χ1n) is 5.13. The van der Waals surface area contributed by atoms with Crippen molar-refractivity contribution in [2.45, 2.75) is 44.8 Å². The molecule has 2 amide bonds. The number of ether oxygens (including phenoxy) is 1. The number of hydrogen-bond donors (Lipinski definition) is 2. The van der Waals surface area contributed by atoms with Crippen molar-refractivity contribution in [3.05, 3.63) is 0 Å². The molecule has 4 heteroatoms. The summed E-state index contributed by atoms with van der Waals surface area (Å²) in [6.07, 6.45) is 3.46. The van der Waals surface area contributed by atoms with Crippen LogP contribution in [0.15, 0.2) is 0 Å². The van der Waals surface area contributed by atoms with E-state index in [0.717, 1.165) is 12.8 Å². The second kappa shape index (κ2) is 4.64. The van der Waals surface area contributed by atoms with Crippen molar-refractivity contribution >= 4 is 6.03 Å². The van der Waals surface area contributed by atoms with Crippen LogP contribution in [0.3, 0.4) is 0 Å². The molecule has 0 bridgehead atoms. The van der Waals surface area contributed by atoms with Crippen LogP contribution >= 0.6 is 0 Å². The van der Waals surface area contributed by atoms with E-state index in [0.29, 0.717) is 12.6 Å². The van der Waals surface area contributed by atoms with E-state index >= 15 is 0 Å². The van der Waals surface area contributed by atoms with E-state index in [1.165, 1.54) is 6.42 Å². The highest BCUT2D eigenvalue weighted by atomic mass is 16.5. The molecule has 0 aromatic carbocycles. The lowest BCUT2D eigenvalue weighted by Crippen LogP contribution is -2.49. The maximum atomic E-state index is 11.3. The molecule has 0 saturated heterocycles. The Kier molecular flexibility index (Phi) is 3.75. The van der Waals surface area contributed by atoms with Crippen molar-refractivity contribution < 1.29 is 9.53 Å². The van der Waals surface area contributed by atoms with Gasteiger partial charge in [-0.25, -0.2) is 4.79 Å². The Bertz CT molecular complexity index is 200. The maximum absolute atomic E-state index is 11.3. The molecule has 0 aliphatic heterocycles. The van der Waals surface area contributed by atoms with E-state index in [9.17, 15) is 4.79 Å². The first-order chi connectivity index (χ1) is 6.53. The number of carbonyl (C=O) groups is 1. The highest BCUT2D eigenvalue weighted by molar-refractivity contribution is 5.74. The molecule has 1 rings (SSSR count). The van der Waals surface area contributed by atoms with Crippen molar-refractivity contribution in [1.82, 2.24) is 10.6 Å². The van der Waals surface area contributed by atoms with Crippen molar-refractivity contribution in [3.8, 4) is 0 Å². The summed E-state index contributed by atoms with van der Waals surface area (Å²) >= 11 is 0. The van der Waals surface area contributed by atoms with Crippen LogP contribution in [0.1, 0.15) is 33.1 Å². The number of nitrogens with one attached hydrogen (secondary N) is 2. The molecule has 82 valence electrons. The number of hydrogen-bond acceptors (Lipinski definition) is 2. The van der Waals surface area contributed by atoms with E-state index in [1.807, 2.05) is 13.8 Å². The second-order valence-electron chi connectivity index (χ2n) is 4.42. The number of urea groups is 1. The Balaban J connectivity index is 2.13. The van der Waals surface area contributed by atoms with Gasteiger partial charge in [0, 0.05) is 19.7 Å². The van der Waals surface area contributed by atoms with Gasteiger partial charge in [-0.1, -0.05) is 0 Å². The lowest BCUT2D eigenvalue weighted by molar-refractivity contribution is 0.0252. The van der Waals surface area contributed by atoms with Gasteiger partial charge >= 0.3 is 6.03 Å². The second-order valence-corrected chi connectivity index (χ2v) is 4.42. The molecule has 4 nitrogen and oxygen atoms in total. The van der Waals surface area contributed by atoms with E-state index in [-0.39, 0.29) is 11.6 Å². The fourth-order valence-electron chi connectivity index (χ4n) is 1.15. The lowest BCUT2D eigenvalue weighted by Gasteiger charge is -2.28. The van der Waals surface area contributed by atoms with Gasteiger partial charge in [0.1, 0.15) is 0 Å². The van der Waals surface area contributed by atoms with Crippen LogP contribution in [-0.2, 0) is 4.74 Å². The molecular formula is C10H20N2O2. The molecule has 1 fully saturated rings. The third kappa shape index (κ3) is 3.54. The van der Waals surface area contributed by atoms with Crippen LogP contribution < -0.4 is 10.6 Å². The van der Waals surface area contributed by atoms with E-state index in [1.54, 1.807) is 7.11 Å². The average Bonchev–Trinajstić information content (AvgIpc) is 2.08. The molecule has 2 N–H and O–H groups in total. The number of rotatable bonds is 4. The molecule has 0 aromatic rings. The smallest absolute Gasteiger partial charge is 0.315 e. The number of methoxy groups -OCH3 is 1. The van der Waals surface area contributed by atoms with Gasteiger partial charge in [-0.05, 0) is 33.1 Å². The summed E-state index contributed by atoms with van der Waals surface area (Å²) in [4.78, 5) is 11.3. The van der Waals surface area contributed by atoms with Crippen molar-refractivity contribution in [2.24, 2.45) is 0 Å². The van der Waals surface area contributed by atoms with Crippen molar-refractivity contribution in [1.29, 1.82) is 0 Å². The SMILES string of the molecule is COC(C)(C)CNC(=O)NC1CCC1. The Hall–Kier alpha value is -0.770. The number of carbonyl (C=O) groups excluding carboxylic acids is 1. The van der Waals surface area contributed by atoms with E-state index < -0.39 is 0 Å². The predicted octanol–water partition coefficient (Wildman–Crippen LogP) is 1.26. The monoisotopic (exact) mass is 200 g/mol. The standard InChI is InChI=1S/C10H20N2O2/c1-10(2,14-3)7-11-9(13)12-8-5-4-6-8/h8H,4-7H2,1-3H3,(H2,11,12,13). The van der Waals surface area contributed by atoms with Gasteiger partial charge in [-0.3, -0.25) is 0 Å². The zero-order valence-electron chi connectivity index (χ0n) is 9.22. The molecule has 1 aliphatic carbocycles.